The van der Waals surface area contributed by atoms with Crippen LogP contribution in [0.15, 0.2) is 71.3 Å². The number of furan rings is 1. The summed E-state index contributed by atoms with van der Waals surface area (Å²) < 4.78 is 5.58. The van der Waals surface area contributed by atoms with E-state index in [1.54, 1.807) is 24.3 Å². The molecule has 37 heavy (non-hydrogen) atoms. The molecule has 0 saturated carbocycles. The SMILES string of the molecule is Cc1ccc(-c2nnn(CC(=O)N(c3cccc(O)c3)[C@H](C(=O)NCCC(C)C)c3ccco3)n2)cc1. The standard InChI is InChI=1S/C27H30N6O4/c1-18(2)13-14-28-27(36)25(23-8-5-15-37-23)33(21-6-4-7-22(34)16-21)24(35)17-32-30-26(29-31-32)20-11-9-19(3)10-12-20/h4-12,15-16,18,25,34H,13-14,17H2,1-3H3,(H,28,36)/t25-/m0/s1. The number of nitrogens with one attached hydrogen (secondary N) is 1. The number of anilines is 1. The number of carbonyl (C=O) groups is 2. The number of tetrazole rings is 1. The van der Waals surface area contributed by atoms with Gasteiger partial charge in [-0.15, -0.1) is 10.2 Å². The number of aryl methyl sites for hydroxylation is 1. The molecule has 0 unspecified atom stereocenters. The zero-order valence-corrected chi connectivity index (χ0v) is 21.0. The molecule has 2 amide bonds. The van der Waals surface area contributed by atoms with Crippen molar-refractivity contribution >= 4 is 17.5 Å². The number of phenols is 1. The number of rotatable bonds is 10. The van der Waals surface area contributed by atoms with Gasteiger partial charge in [0.2, 0.25) is 5.82 Å². The molecule has 4 rings (SSSR count). The van der Waals surface area contributed by atoms with E-state index in [1.807, 2.05) is 31.2 Å². The second-order valence-electron chi connectivity index (χ2n) is 9.18. The maximum atomic E-state index is 13.7. The second kappa shape index (κ2) is 11.5. The average Bonchev–Trinajstić information content (AvgIpc) is 3.55. The smallest absolute Gasteiger partial charge is 0.251 e. The third-order valence-corrected chi connectivity index (χ3v) is 5.76. The Morgan fingerprint density at radius 2 is 1.89 bits per heavy atom. The molecule has 192 valence electrons. The minimum Gasteiger partial charge on any atom is -0.508 e. The van der Waals surface area contributed by atoms with Crippen molar-refractivity contribution in [3.05, 3.63) is 78.3 Å². The van der Waals surface area contributed by atoms with Crippen molar-refractivity contribution in [1.29, 1.82) is 0 Å². The third kappa shape index (κ3) is 6.40. The normalized spacial score (nSPS) is 11.9. The Morgan fingerprint density at radius 3 is 2.57 bits per heavy atom. The van der Waals surface area contributed by atoms with E-state index in [9.17, 15) is 14.7 Å². The molecule has 2 N–H and O–H groups in total. The Balaban J connectivity index is 1.65. The predicted octanol–water partition coefficient (Wildman–Crippen LogP) is 3.88. The fourth-order valence-corrected chi connectivity index (χ4v) is 3.81. The van der Waals surface area contributed by atoms with Gasteiger partial charge in [-0.1, -0.05) is 49.7 Å². The molecule has 0 aliphatic rings. The van der Waals surface area contributed by atoms with E-state index < -0.39 is 17.9 Å². The molecule has 0 aliphatic heterocycles. The molecule has 0 radical (unpaired) electrons. The predicted molar refractivity (Wildman–Crippen MR) is 137 cm³/mol. The van der Waals surface area contributed by atoms with Crippen LogP contribution in [-0.2, 0) is 16.1 Å². The van der Waals surface area contributed by atoms with Crippen molar-refractivity contribution in [3.63, 3.8) is 0 Å². The average molecular weight is 503 g/mol. The number of aromatic hydroxyl groups is 1. The number of aromatic nitrogens is 4. The highest BCUT2D eigenvalue weighted by atomic mass is 16.3. The molecule has 0 aliphatic carbocycles. The molecule has 0 fully saturated rings. The summed E-state index contributed by atoms with van der Waals surface area (Å²) >= 11 is 0. The van der Waals surface area contributed by atoms with Crippen molar-refractivity contribution in [2.24, 2.45) is 5.92 Å². The van der Waals surface area contributed by atoms with E-state index in [4.69, 9.17) is 4.42 Å². The molecule has 1 atom stereocenters. The summed E-state index contributed by atoms with van der Waals surface area (Å²) in [6.07, 6.45) is 2.23. The number of hydrogen-bond donors (Lipinski definition) is 2. The van der Waals surface area contributed by atoms with E-state index in [1.165, 1.54) is 28.1 Å². The summed E-state index contributed by atoms with van der Waals surface area (Å²) in [5.41, 5.74) is 2.19. The van der Waals surface area contributed by atoms with Crippen molar-refractivity contribution in [1.82, 2.24) is 25.5 Å². The van der Waals surface area contributed by atoms with Crippen LogP contribution in [0.2, 0.25) is 0 Å². The first-order valence-corrected chi connectivity index (χ1v) is 12.1. The summed E-state index contributed by atoms with van der Waals surface area (Å²) in [7, 11) is 0. The van der Waals surface area contributed by atoms with E-state index in [-0.39, 0.29) is 18.1 Å². The van der Waals surface area contributed by atoms with Crippen LogP contribution in [0.25, 0.3) is 11.4 Å². The number of amides is 2. The van der Waals surface area contributed by atoms with Gasteiger partial charge in [0.25, 0.3) is 11.8 Å². The fourth-order valence-electron chi connectivity index (χ4n) is 3.81. The first-order valence-electron chi connectivity index (χ1n) is 12.1. The van der Waals surface area contributed by atoms with Crippen molar-refractivity contribution in [3.8, 4) is 17.1 Å². The molecule has 0 bridgehead atoms. The van der Waals surface area contributed by atoms with E-state index in [2.05, 4.69) is 34.6 Å². The maximum Gasteiger partial charge on any atom is 0.251 e. The van der Waals surface area contributed by atoms with Crippen molar-refractivity contribution < 1.29 is 19.1 Å². The Kier molecular flexibility index (Phi) is 7.97. The van der Waals surface area contributed by atoms with Gasteiger partial charge in [0.1, 0.15) is 18.1 Å². The van der Waals surface area contributed by atoms with Gasteiger partial charge in [-0.3, -0.25) is 14.5 Å². The molecule has 0 saturated heterocycles. The lowest BCUT2D eigenvalue weighted by Gasteiger charge is -2.30. The van der Waals surface area contributed by atoms with Crippen LogP contribution in [0, 0.1) is 12.8 Å². The van der Waals surface area contributed by atoms with Gasteiger partial charge >= 0.3 is 0 Å². The van der Waals surface area contributed by atoms with Crippen LogP contribution in [-0.4, -0.2) is 43.7 Å². The Bertz CT molecular complexity index is 1330. The zero-order chi connectivity index (χ0) is 26.4. The summed E-state index contributed by atoms with van der Waals surface area (Å²) in [6.45, 7) is 6.27. The maximum absolute atomic E-state index is 13.7. The number of carbonyl (C=O) groups excluding carboxylic acids is 2. The molecule has 10 nitrogen and oxygen atoms in total. The summed E-state index contributed by atoms with van der Waals surface area (Å²) in [6, 6.07) is 16.0. The highest BCUT2D eigenvalue weighted by Gasteiger charge is 2.35. The van der Waals surface area contributed by atoms with Crippen molar-refractivity contribution in [2.45, 2.75) is 39.8 Å². The summed E-state index contributed by atoms with van der Waals surface area (Å²) in [5, 5.41) is 25.5. The number of nitrogens with zero attached hydrogens (tertiary/aromatic N) is 5. The molecular weight excluding hydrogens is 472 g/mol. The van der Waals surface area contributed by atoms with Crippen LogP contribution in [0.3, 0.4) is 0 Å². The first kappa shape index (κ1) is 25.6. The lowest BCUT2D eigenvalue weighted by molar-refractivity contribution is -0.127. The monoisotopic (exact) mass is 502 g/mol. The minimum atomic E-state index is -1.11. The Morgan fingerprint density at radius 1 is 1.11 bits per heavy atom. The minimum absolute atomic E-state index is 0.0470. The molecule has 4 aromatic rings. The third-order valence-electron chi connectivity index (χ3n) is 5.76. The van der Waals surface area contributed by atoms with Gasteiger partial charge < -0.3 is 14.8 Å². The van der Waals surface area contributed by atoms with E-state index >= 15 is 0 Å². The van der Waals surface area contributed by atoms with Crippen LogP contribution in [0.1, 0.15) is 37.6 Å². The van der Waals surface area contributed by atoms with Gasteiger partial charge in [-0.05, 0) is 48.7 Å². The fraction of sp³-hybridized carbons (Fsp3) is 0.296. The van der Waals surface area contributed by atoms with Gasteiger partial charge in [-0.25, -0.2) is 0 Å². The highest BCUT2D eigenvalue weighted by Crippen LogP contribution is 2.31. The highest BCUT2D eigenvalue weighted by molar-refractivity contribution is 6.01. The van der Waals surface area contributed by atoms with E-state index in [0.717, 1.165) is 17.5 Å². The van der Waals surface area contributed by atoms with Gasteiger partial charge in [-0.2, -0.15) is 4.80 Å². The molecule has 2 aromatic carbocycles. The van der Waals surface area contributed by atoms with Crippen LogP contribution in [0.5, 0.6) is 5.75 Å². The quantitative estimate of drug-likeness (QED) is 0.337. The molecule has 2 heterocycles. The number of phenolic OH excluding ortho intramolecular Hbond substituents is 1. The lowest BCUT2D eigenvalue weighted by atomic mass is 10.1. The second-order valence-corrected chi connectivity index (χ2v) is 9.18. The largest absolute Gasteiger partial charge is 0.508 e. The van der Waals surface area contributed by atoms with Crippen LogP contribution >= 0.6 is 0 Å². The molecule has 2 aromatic heterocycles. The van der Waals surface area contributed by atoms with Gasteiger partial charge in [0, 0.05) is 23.9 Å². The summed E-state index contributed by atoms with van der Waals surface area (Å²) in [4.78, 5) is 29.6. The first-order chi connectivity index (χ1) is 17.8. The molecule has 10 heteroatoms. The van der Waals surface area contributed by atoms with Gasteiger partial charge in [0.15, 0.2) is 6.04 Å². The van der Waals surface area contributed by atoms with E-state index in [0.29, 0.717) is 24.0 Å². The number of benzene rings is 2. The van der Waals surface area contributed by atoms with Crippen LogP contribution in [0.4, 0.5) is 5.69 Å². The Hall–Kier alpha value is -4.47. The van der Waals surface area contributed by atoms with Crippen LogP contribution < -0.4 is 10.2 Å². The Labute approximate surface area is 214 Å². The topological polar surface area (TPSA) is 126 Å². The lowest BCUT2D eigenvalue weighted by Crippen LogP contribution is -2.45. The number of hydrogen-bond acceptors (Lipinski definition) is 7. The zero-order valence-electron chi connectivity index (χ0n) is 21.0. The molecule has 0 spiro atoms. The summed E-state index contributed by atoms with van der Waals surface area (Å²) in [5.74, 6) is 0.121. The van der Waals surface area contributed by atoms with Gasteiger partial charge in [0.05, 0.1) is 6.26 Å². The van der Waals surface area contributed by atoms with Crippen molar-refractivity contribution in [2.75, 3.05) is 11.4 Å². The molecular formula is C27H30N6O4.